The Balaban J connectivity index is 3.29. The lowest BCUT2D eigenvalue weighted by atomic mass is 9.78. The first-order chi connectivity index (χ1) is 19.5. The summed E-state index contributed by atoms with van der Waals surface area (Å²) in [6.45, 7) is 19.7. The molecule has 0 heterocycles. The van der Waals surface area contributed by atoms with Gasteiger partial charge < -0.3 is 39.3 Å². The van der Waals surface area contributed by atoms with Gasteiger partial charge >= 0.3 is 24.4 Å². The van der Waals surface area contributed by atoms with E-state index in [4.69, 9.17) is 34.2 Å². The second-order valence-corrected chi connectivity index (χ2v) is 13.8. The molecule has 3 atom stereocenters. The van der Waals surface area contributed by atoms with Crippen molar-refractivity contribution in [3.05, 3.63) is 23.8 Å². The molecular weight excluding hydrogens is 562 g/mol. The Labute approximate surface area is 254 Å². The number of carboxylic acid groups (broad SMARTS) is 1. The lowest BCUT2D eigenvalue weighted by Crippen LogP contribution is -2.58. The van der Waals surface area contributed by atoms with Crippen molar-refractivity contribution in [2.24, 2.45) is 22.5 Å². The van der Waals surface area contributed by atoms with Crippen LogP contribution in [0.5, 0.6) is 11.5 Å². The van der Waals surface area contributed by atoms with Gasteiger partial charge in [0.15, 0.2) is 11.5 Å². The molecule has 1 aromatic rings. The zero-order chi connectivity index (χ0) is 33.4. The first kappa shape index (κ1) is 37.5. The van der Waals surface area contributed by atoms with Crippen molar-refractivity contribution in [1.82, 2.24) is 0 Å². The Kier molecular flexibility index (Phi) is 12.9. The smallest absolute Gasteiger partial charge is 0.480 e. The van der Waals surface area contributed by atoms with E-state index in [0.717, 1.165) is 0 Å². The van der Waals surface area contributed by atoms with E-state index in [1.165, 1.54) is 25.1 Å². The van der Waals surface area contributed by atoms with E-state index in [-0.39, 0.29) is 42.0 Å². The van der Waals surface area contributed by atoms with Gasteiger partial charge in [0.25, 0.3) is 0 Å². The minimum Gasteiger partial charge on any atom is -0.480 e. The highest BCUT2D eigenvalue weighted by Crippen LogP contribution is 2.33. The second kappa shape index (κ2) is 14.8. The number of aliphatic carboxylic acids is 1. The summed E-state index contributed by atoms with van der Waals surface area (Å²) in [5.74, 6) is -2.61. The van der Waals surface area contributed by atoms with Gasteiger partial charge in [-0.05, 0) is 55.7 Å². The highest BCUT2D eigenvalue weighted by atomic mass is 16.8. The van der Waals surface area contributed by atoms with Crippen LogP contribution in [0.3, 0.4) is 0 Å². The van der Waals surface area contributed by atoms with Crippen molar-refractivity contribution >= 4 is 24.4 Å². The maximum Gasteiger partial charge on any atom is 0.513 e. The average molecular weight is 612 g/mol. The van der Waals surface area contributed by atoms with Crippen molar-refractivity contribution < 1.29 is 52.7 Å². The number of hydrogen-bond donors (Lipinski definition) is 2. The number of carbonyl (C=O) groups is 4. The van der Waals surface area contributed by atoms with Crippen LogP contribution in [0.15, 0.2) is 18.2 Å². The number of carboxylic acids is 1. The van der Waals surface area contributed by atoms with Crippen molar-refractivity contribution in [3.63, 3.8) is 0 Å². The summed E-state index contributed by atoms with van der Waals surface area (Å²) in [5.41, 5.74) is 3.39. The van der Waals surface area contributed by atoms with Gasteiger partial charge in [0.1, 0.15) is 17.2 Å². The van der Waals surface area contributed by atoms with Crippen LogP contribution in [0.2, 0.25) is 0 Å². The predicted molar refractivity (Wildman–Crippen MR) is 158 cm³/mol. The molecule has 0 fully saturated rings. The highest BCUT2D eigenvalue weighted by molar-refractivity contribution is 5.80. The molecule has 3 N–H and O–H groups in total. The zero-order valence-corrected chi connectivity index (χ0v) is 27.3. The van der Waals surface area contributed by atoms with E-state index in [1.807, 2.05) is 48.5 Å². The molecule has 244 valence electrons. The fourth-order valence-electron chi connectivity index (χ4n) is 3.38. The molecule has 0 aliphatic heterocycles. The lowest BCUT2D eigenvalue weighted by Gasteiger charge is -2.35. The van der Waals surface area contributed by atoms with Crippen LogP contribution in [-0.4, -0.2) is 60.0 Å². The Morgan fingerprint density at radius 3 is 1.74 bits per heavy atom. The summed E-state index contributed by atoms with van der Waals surface area (Å²) >= 11 is 0. The van der Waals surface area contributed by atoms with Crippen LogP contribution in [-0.2, 0) is 30.2 Å². The third-order valence-corrected chi connectivity index (χ3v) is 6.55. The summed E-state index contributed by atoms with van der Waals surface area (Å²) < 4.78 is 31.6. The number of rotatable bonds is 12. The van der Waals surface area contributed by atoms with E-state index >= 15 is 0 Å². The molecule has 0 unspecified atom stereocenters. The molecule has 0 amide bonds. The van der Waals surface area contributed by atoms with Crippen LogP contribution in [0.4, 0.5) is 14.4 Å². The largest absolute Gasteiger partial charge is 0.513 e. The summed E-state index contributed by atoms with van der Waals surface area (Å²) in [7, 11) is 0. The highest BCUT2D eigenvalue weighted by Gasteiger charge is 2.44. The molecule has 1 rings (SSSR count). The van der Waals surface area contributed by atoms with Crippen LogP contribution in [0, 0.1) is 16.7 Å². The van der Waals surface area contributed by atoms with Gasteiger partial charge in [0.05, 0.1) is 13.2 Å². The van der Waals surface area contributed by atoms with Crippen molar-refractivity contribution in [2.75, 3.05) is 13.2 Å². The minimum absolute atomic E-state index is 0.0491. The third-order valence-electron chi connectivity index (χ3n) is 6.55. The second-order valence-electron chi connectivity index (χ2n) is 13.8. The number of benzene rings is 1. The topological polar surface area (TPSA) is 170 Å². The molecule has 43 heavy (non-hydrogen) atoms. The van der Waals surface area contributed by atoms with Gasteiger partial charge in [-0.3, -0.25) is 4.79 Å². The summed E-state index contributed by atoms with van der Waals surface area (Å²) in [5, 5.41) is 10.1. The minimum atomic E-state index is -1.93. The summed E-state index contributed by atoms with van der Waals surface area (Å²) in [4.78, 5) is 49.6. The van der Waals surface area contributed by atoms with Gasteiger partial charge in [-0.1, -0.05) is 61.5 Å². The molecule has 12 nitrogen and oxygen atoms in total. The molecule has 0 aliphatic carbocycles. The Hall–Kier alpha value is -3.54. The number of ether oxygens (including phenoxy) is 6. The van der Waals surface area contributed by atoms with E-state index in [0.29, 0.717) is 12.0 Å². The standard InChI is InChI=1S/C31H49NO11/c1-12-30(10,11)43-27(37)40-20(3)19(2)31(32,24(33)34)16-21-13-14-22(41-25(35)38-17-28(4,5)6)23(15-21)42-26(36)39-18-29(7,8)9/h13-15,19-20H,12,16-18,32H2,1-11H3,(H,33,34)/t19-,20+,31-/m1/s1. The maximum absolute atomic E-state index is 12.5. The van der Waals surface area contributed by atoms with Crippen molar-refractivity contribution in [3.8, 4) is 11.5 Å². The predicted octanol–water partition coefficient (Wildman–Crippen LogP) is 6.50. The molecule has 0 radical (unpaired) electrons. The first-order valence-electron chi connectivity index (χ1n) is 14.2. The fourth-order valence-corrected chi connectivity index (χ4v) is 3.38. The Bertz CT molecular complexity index is 1130. The molecule has 12 heteroatoms. The molecular formula is C31H49NO11. The molecule has 0 saturated carbocycles. The molecule has 0 aromatic heterocycles. The lowest BCUT2D eigenvalue weighted by molar-refractivity contribution is -0.148. The Morgan fingerprint density at radius 1 is 0.814 bits per heavy atom. The van der Waals surface area contributed by atoms with Crippen LogP contribution < -0.4 is 15.2 Å². The average Bonchev–Trinajstić information content (AvgIpc) is 2.85. The quantitative estimate of drug-likeness (QED) is 0.150. The molecule has 0 saturated heterocycles. The Morgan fingerprint density at radius 2 is 1.30 bits per heavy atom. The van der Waals surface area contributed by atoms with Gasteiger partial charge in [-0.25, -0.2) is 14.4 Å². The van der Waals surface area contributed by atoms with Crippen LogP contribution in [0.1, 0.15) is 88.1 Å². The van der Waals surface area contributed by atoms with Crippen molar-refractivity contribution in [2.45, 2.75) is 106 Å². The van der Waals surface area contributed by atoms with E-state index < -0.39 is 47.6 Å². The van der Waals surface area contributed by atoms with Crippen molar-refractivity contribution in [1.29, 1.82) is 0 Å². The normalized spacial score (nSPS) is 14.9. The third kappa shape index (κ3) is 13.1. The molecule has 0 spiro atoms. The molecule has 0 aliphatic rings. The van der Waals surface area contributed by atoms with E-state index in [9.17, 15) is 24.3 Å². The zero-order valence-electron chi connectivity index (χ0n) is 27.3. The van der Waals surface area contributed by atoms with Gasteiger partial charge in [-0.2, -0.15) is 0 Å². The van der Waals surface area contributed by atoms with E-state index in [2.05, 4.69) is 0 Å². The summed E-state index contributed by atoms with van der Waals surface area (Å²) in [6.07, 6.45) is -3.68. The number of carbonyl (C=O) groups excluding carboxylic acids is 3. The maximum atomic E-state index is 12.5. The number of hydrogen-bond acceptors (Lipinski definition) is 11. The van der Waals surface area contributed by atoms with Gasteiger partial charge in [0.2, 0.25) is 0 Å². The van der Waals surface area contributed by atoms with E-state index in [1.54, 1.807) is 20.8 Å². The fraction of sp³-hybridized carbons (Fsp3) is 0.677. The SMILES string of the molecule is CCC(C)(C)OC(=O)O[C@@H](C)[C@@H](C)[C@](N)(Cc1ccc(OC(=O)OCC(C)(C)C)c(OC(=O)OCC(C)(C)C)c1)C(=O)O. The molecule has 0 bridgehead atoms. The van der Waals surface area contributed by atoms with Gasteiger partial charge in [0, 0.05) is 12.3 Å². The van der Waals surface area contributed by atoms with Gasteiger partial charge in [-0.15, -0.1) is 0 Å². The van der Waals surface area contributed by atoms with Crippen LogP contribution >= 0.6 is 0 Å². The van der Waals surface area contributed by atoms with Crippen LogP contribution in [0.25, 0.3) is 0 Å². The number of nitrogens with two attached hydrogens (primary N) is 1. The summed E-state index contributed by atoms with van der Waals surface area (Å²) in [6, 6.07) is 4.13. The molecule has 1 aromatic carbocycles. The first-order valence-corrected chi connectivity index (χ1v) is 14.2. The monoisotopic (exact) mass is 611 g/mol.